The van der Waals surface area contributed by atoms with Gasteiger partial charge in [-0.05, 0) is 24.5 Å². The normalized spacial score (nSPS) is 12.0. The standard InChI is InChI=1S/C17H25N5O2.ClH/c1-3-4-13-5-7-14(8-6-13)12(2)22(10-15(19)23)11-16-20-17(9-18)24-21-16;/h5-8,12H,3-4,9-11,18H2,1-2H3,(H2,19,23);1H. The number of nitrogens with zero attached hydrogens (tertiary/aromatic N) is 3. The minimum Gasteiger partial charge on any atom is -0.369 e. The number of carbonyl (C=O) groups excluding carboxylic acids is 1. The third-order valence-corrected chi connectivity index (χ3v) is 3.94. The van der Waals surface area contributed by atoms with Crippen molar-refractivity contribution in [3.8, 4) is 0 Å². The Morgan fingerprint density at radius 2 is 2.00 bits per heavy atom. The lowest BCUT2D eigenvalue weighted by atomic mass is 10.0. The van der Waals surface area contributed by atoms with Crippen LogP contribution in [-0.2, 0) is 24.3 Å². The summed E-state index contributed by atoms with van der Waals surface area (Å²) < 4.78 is 5.02. The molecule has 0 aliphatic carbocycles. The van der Waals surface area contributed by atoms with E-state index >= 15 is 0 Å². The number of aryl methyl sites for hydroxylation is 1. The molecule has 2 rings (SSSR count). The van der Waals surface area contributed by atoms with Crippen LogP contribution in [0.25, 0.3) is 0 Å². The fraction of sp³-hybridized carbons (Fsp3) is 0.471. The highest BCUT2D eigenvalue weighted by molar-refractivity contribution is 5.85. The molecule has 0 radical (unpaired) electrons. The Bertz CT molecular complexity index is 659. The van der Waals surface area contributed by atoms with E-state index in [0.717, 1.165) is 18.4 Å². The Morgan fingerprint density at radius 3 is 2.52 bits per heavy atom. The van der Waals surface area contributed by atoms with Crippen LogP contribution in [0.5, 0.6) is 0 Å². The predicted molar refractivity (Wildman–Crippen MR) is 97.9 cm³/mol. The zero-order chi connectivity index (χ0) is 17.5. The summed E-state index contributed by atoms with van der Waals surface area (Å²) in [6.45, 7) is 4.86. The van der Waals surface area contributed by atoms with E-state index in [-0.39, 0.29) is 31.5 Å². The number of rotatable bonds is 9. The van der Waals surface area contributed by atoms with Gasteiger partial charge in [-0.15, -0.1) is 12.4 Å². The predicted octanol–water partition coefficient (Wildman–Crippen LogP) is 1.95. The number of halogens is 1. The molecule has 2 aromatic rings. The molecule has 1 heterocycles. The second-order valence-corrected chi connectivity index (χ2v) is 5.85. The SMILES string of the molecule is CCCc1ccc(C(C)N(CC(N)=O)Cc2noc(CN)n2)cc1.Cl. The average molecular weight is 368 g/mol. The molecule has 25 heavy (non-hydrogen) atoms. The Kier molecular flexibility index (Phi) is 8.54. The van der Waals surface area contributed by atoms with Gasteiger partial charge in [-0.2, -0.15) is 4.98 Å². The van der Waals surface area contributed by atoms with Crippen molar-refractivity contribution in [2.24, 2.45) is 11.5 Å². The van der Waals surface area contributed by atoms with Crippen molar-refractivity contribution in [2.45, 2.75) is 45.8 Å². The average Bonchev–Trinajstić information content (AvgIpc) is 3.02. The van der Waals surface area contributed by atoms with Crippen molar-refractivity contribution in [1.82, 2.24) is 15.0 Å². The summed E-state index contributed by atoms with van der Waals surface area (Å²) in [5, 5.41) is 3.89. The third kappa shape index (κ3) is 6.12. The molecule has 8 heteroatoms. The van der Waals surface area contributed by atoms with E-state index in [1.807, 2.05) is 11.8 Å². The number of nitrogens with two attached hydrogens (primary N) is 2. The zero-order valence-corrected chi connectivity index (χ0v) is 15.5. The number of benzene rings is 1. The van der Waals surface area contributed by atoms with E-state index in [1.165, 1.54) is 5.56 Å². The molecule has 0 saturated heterocycles. The van der Waals surface area contributed by atoms with E-state index in [1.54, 1.807) is 0 Å². The van der Waals surface area contributed by atoms with Gasteiger partial charge >= 0.3 is 0 Å². The summed E-state index contributed by atoms with van der Waals surface area (Å²) in [4.78, 5) is 17.5. The number of hydrogen-bond acceptors (Lipinski definition) is 6. The number of hydrogen-bond donors (Lipinski definition) is 2. The van der Waals surface area contributed by atoms with Gasteiger partial charge in [-0.25, -0.2) is 0 Å². The molecule has 0 aliphatic rings. The molecule has 7 nitrogen and oxygen atoms in total. The van der Waals surface area contributed by atoms with Crippen molar-refractivity contribution >= 4 is 18.3 Å². The van der Waals surface area contributed by atoms with Crippen molar-refractivity contribution in [3.63, 3.8) is 0 Å². The van der Waals surface area contributed by atoms with E-state index < -0.39 is 5.91 Å². The van der Waals surface area contributed by atoms with Crippen LogP contribution in [0.1, 0.15) is 49.2 Å². The molecule has 0 aliphatic heterocycles. The molecule has 1 aromatic heterocycles. The summed E-state index contributed by atoms with van der Waals surface area (Å²) >= 11 is 0. The van der Waals surface area contributed by atoms with Crippen molar-refractivity contribution in [3.05, 3.63) is 47.1 Å². The monoisotopic (exact) mass is 367 g/mol. The number of primary amides is 1. The molecule has 1 amide bonds. The summed E-state index contributed by atoms with van der Waals surface area (Å²) in [5.41, 5.74) is 13.3. The highest BCUT2D eigenvalue weighted by Gasteiger charge is 2.20. The Morgan fingerprint density at radius 1 is 1.32 bits per heavy atom. The second kappa shape index (κ2) is 10.1. The van der Waals surface area contributed by atoms with Crippen LogP contribution in [-0.4, -0.2) is 27.5 Å². The van der Waals surface area contributed by atoms with Crippen LogP contribution in [0.3, 0.4) is 0 Å². The van der Waals surface area contributed by atoms with Gasteiger partial charge < -0.3 is 16.0 Å². The molecule has 0 spiro atoms. The van der Waals surface area contributed by atoms with E-state index in [9.17, 15) is 4.79 Å². The van der Waals surface area contributed by atoms with E-state index in [4.69, 9.17) is 16.0 Å². The van der Waals surface area contributed by atoms with Crippen molar-refractivity contribution in [1.29, 1.82) is 0 Å². The molecule has 0 saturated carbocycles. The molecule has 1 aromatic carbocycles. The molecular formula is C17H26ClN5O2. The summed E-state index contributed by atoms with van der Waals surface area (Å²) in [7, 11) is 0. The lowest BCUT2D eigenvalue weighted by molar-refractivity contribution is -0.119. The largest absolute Gasteiger partial charge is 0.369 e. The first kappa shape index (κ1) is 21.1. The number of carbonyl (C=O) groups is 1. The molecule has 1 unspecified atom stereocenters. The summed E-state index contributed by atoms with van der Waals surface area (Å²) in [6, 6.07) is 8.42. The minimum atomic E-state index is -0.396. The molecule has 0 fully saturated rings. The Balaban J connectivity index is 0.00000312. The van der Waals surface area contributed by atoms with Gasteiger partial charge in [0.15, 0.2) is 5.82 Å². The molecule has 0 bridgehead atoms. The first-order valence-electron chi connectivity index (χ1n) is 8.16. The lowest BCUT2D eigenvalue weighted by Gasteiger charge is -2.27. The highest BCUT2D eigenvalue weighted by atomic mass is 35.5. The maximum atomic E-state index is 11.4. The minimum absolute atomic E-state index is 0. The van der Waals surface area contributed by atoms with Crippen LogP contribution in [0.2, 0.25) is 0 Å². The van der Waals surface area contributed by atoms with Crippen LogP contribution in [0, 0.1) is 0 Å². The maximum absolute atomic E-state index is 11.4. The molecule has 138 valence electrons. The van der Waals surface area contributed by atoms with Gasteiger partial charge in [0.1, 0.15) is 0 Å². The topological polar surface area (TPSA) is 111 Å². The first-order chi connectivity index (χ1) is 11.5. The fourth-order valence-electron chi connectivity index (χ4n) is 2.61. The Labute approximate surface area is 154 Å². The van der Waals surface area contributed by atoms with Crippen molar-refractivity contribution < 1.29 is 9.32 Å². The van der Waals surface area contributed by atoms with Gasteiger partial charge in [0.2, 0.25) is 11.8 Å². The fourth-order valence-corrected chi connectivity index (χ4v) is 2.61. The maximum Gasteiger partial charge on any atom is 0.240 e. The van der Waals surface area contributed by atoms with Crippen LogP contribution in [0.4, 0.5) is 0 Å². The van der Waals surface area contributed by atoms with Gasteiger partial charge in [0.25, 0.3) is 0 Å². The highest BCUT2D eigenvalue weighted by Crippen LogP contribution is 2.22. The van der Waals surface area contributed by atoms with Crippen LogP contribution in [0.15, 0.2) is 28.8 Å². The Hall–Kier alpha value is -1.96. The van der Waals surface area contributed by atoms with Gasteiger partial charge in [-0.1, -0.05) is 42.8 Å². The molecular weight excluding hydrogens is 342 g/mol. The lowest BCUT2D eigenvalue weighted by Crippen LogP contribution is -2.35. The smallest absolute Gasteiger partial charge is 0.240 e. The van der Waals surface area contributed by atoms with Gasteiger partial charge in [0.05, 0.1) is 19.6 Å². The molecule has 4 N–H and O–H groups in total. The van der Waals surface area contributed by atoms with Crippen LogP contribution < -0.4 is 11.5 Å². The van der Waals surface area contributed by atoms with Crippen LogP contribution >= 0.6 is 12.4 Å². The molecule has 1 atom stereocenters. The zero-order valence-electron chi connectivity index (χ0n) is 14.6. The van der Waals surface area contributed by atoms with Gasteiger partial charge in [0, 0.05) is 6.04 Å². The summed E-state index contributed by atoms with van der Waals surface area (Å²) in [5.74, 6) is 0.471. The van der Waals surface area contributed by atoms with E-state index in [0.29, 0.717) is 18.3 Å². The summed E-state index contributed by atoms with van der Waals surface area (Å²) in [6.07, 6.45) is 2.17. The van der Waals surface area contributed by atoms with E-state index in [2.05, 4.69) is 41.3 Å². The second-order valence-electron chi connectivity index (χ2n) is 5.85. The first-order valence-corrected chi connectivity index (χ1v) is 8.16. The number of amides is 1. The number of aromatic nitrogens is 2. The van der Waals surface area contributed by atoms with Crippen molar-refractivity contribution in [2.75, 3.05) is 6.54 Å². The van der Waals surface area contributed by atoms with Gasteiger partial charge in [-0.3, -0.25) is 9.69 Å². The third-order valence-electron chi connectivity index (χ3n) is 3.94. The quantitative estimate of drug-likeness (QED) is 0.700.